The summed E-state index contributed by atoms with van der Waals surface area (Å²) in [4.78, 5) is 31.3. The SMILES string of the molecule is O=C(NCc1ccco1)c1ccnc(C(=O)Nc2ccc(N3CCCC3)cc2)c1. The average Bonchev–Trinajstić information content (AvgIpc) is 3.47. The molecule has 0 saturated carbocycles. The number of hydrogen-bond acceptors (Lipinski definition) is 5. The Bertz CT molecular complexity index is 978. The molecule has 0 spiro atoms. The van der Waals surface area contributed by atoms with Crippen LogP contribution < -0.4 is 15.5 Å². The van der Waals surface area contributed by atoms with Crippen molar-refractivity contribution in [2.75, 3.05) is 23.3 Å². The van der Waals surface area contributed by atoms with Crippen LogP contribution in [0.1, 0.15) is 39.4 Å². The average molecular weight is 390 g/mol. The number of nitrogens with zero attached hydrogens (tertiary/aromatic N) is 2. The number of pyridine rings is 1. The molecule has 0 atom stereocenters. The molecule has 0 bridgehead atoms. The molecule has 0 unspecified atom stereocenters. The maximum Gasteiger partial charge on any atom is 0.274 e. The standard InChI is InChI=1S/C22H22N4O3/c27-21(24-15-19-4-3-13-29-19)16-9-10-23-20(14-16)22(28)25-17-5-7-18(8-6-17)26-11-1-2-12-26/h3-10,13-14H,1-2,11-12,15H2,(H,24,27)(H,25,28). The fourth-order valence-corrected chi connectivity index (χ4v) is 3.30. The Balaban J connectivity index is 1.38. The monoisotopic (exact) mass is 390 g/mol. The summed E-state index contributed by atoms with van der Waals surface area (Å²) in [5, 5.41) is 5.58. The molecule has 4 rings (SSSR count). The molecule has 2 aromatic heterocycles. The summed E-state index contributed by atoms with van der Waals surface area (Å²) in [5.74, 6) is -0.00447. The predicted octanol–water partition coefficient (Wildman–Crippen LogP) is 3.46. The van der Waals surface area contributed by atoms with Crippen LogP contribution in [0.25, 0.3) is 0 Å². The molecule has 29 heavy (non-hydrogen) atoms. The van der Waals surface area contributed by atoms with Gasteiger partial charge < -0.3 is 20.0 Å². The molecule has 0 aliphatic carbocycles. The molecule has 1 fully saturated rings. The lowest BCUT2D eigenvalue weighted by molar-refractivity contribution is 0.0948. The molecule has 7 heteroatoms. The topological polar surface area (TPSA) is 87.5 Å². The van der Waals surface area contributed by atoms with Crippen LogP contribution in [0.5, 0.6) is 0 Å². The summed E-state index contributed by atoms with van der Waals surface area (Å²) < 4.78 is 5.19. The van der Waals surface area contributed by atoms with Crippen LogP contribution >= 0.6 is 0 Å². The smallest absolute Gasteiger partial charge is 0.274 e. The van der Waals surface area contributed by atoms with E-state index in [1.165, 1.54) is 25.1 Å². The van der Waals surface area contributed by atoms with Gasteiger partial charge in [0.15, 0.2) is 0 Å². The van der Waals surface area contributed by atoms with Crippen LogP contribution in [0, 0.1) is 0 Å². The summed E-state index contributed by atoms with van der Waals surface area (Å²) in [6.07, 6.45) is 5.44. The van der Waals surface area contributed by atoms with E-state index in [1.807, 2.05) is 24.3 Å². The Hall–Kier alpha value is -3.61. The Kier molecular flexibility index (Phi) is 5.56. The second kappa shape index (κ2) is 8.60. The van der Waals surface area contributed by atoms with Gasteiger partial charge in [-0.3, -0.25) is 14.6 Å². The van der Waals surface area contributed by atoms with Gasteiger partial charge in [-0.25, -0.2) is 0 Å². The molecule has 1 aliphatic rings. The largest absolute Gasteiger partial charge is 0.467 e. The molecule has 0 radical (unpaired) electrons. The minimum Gasteiger partial charge on any atom is -0.467 e. The summed E-state index contributed by atoms with van der Waals surface area (Å²) in [6, 6.07) is 14.4. The van der Waals surface area contributed by atoms with E-state index in [2.05, 4.69) is 20.5 Å². The maximum atomic E-state index is 12.5. The van der Waals surface area contributed by atoms with Crippen molar-refractivity contribution in [3.8, 4) is 0 Å². The highest BCUT2D eigenvalue weighted by molar-refractivity contribution is 6.04. The van der Waals surface area contributed by atoms with Gasteiger partial charge in [-0.1, -0.05) is 0 Å². The first-order valence-electron chi connectivity index (χ1n) is 9.62. The van der Waals surface area contributed by atoms with Crippen LogP contribution in [-0.4, -0.2) is 29.9 Å². The number of anilines is 2. The van der Waals surface area contributed by atoms with Gasteiger partial charge in [-0.05, 0) is 61.4 Å². The highest BCUT2D eigenvalue weighted by Crippen LogP contribution is 2.22. The van der Waals surface area contributed by atoms with Crippen molar-refractivity contribution in [2.24, 2.45) is 0 Å². The van der Waals surface area contributed by atoms with E-state index in [4.69, 9.17) is 4.42 Å². The molecule has 148 valence electrons. The van der Waals surface area contributed by atoms with Crippen molar-refractivity contribution in [3.63, 3.8) is 0 Å². The third-order valence-electron chi connectivity index (χ3n) is 4.85. The Labute approximate surface area is 168 Å². The molecular formula is C22H22N4O3. The van der Waals surface area contributed by atoms with Crippen LogP contribution in [-0.2, 0) is 6.54 Å². The summed E-state index contributed by atoms with van der Waals surface area (Å²) >= 11 is 0. The molecule has 7 nitrogen and oxygen atoms in total. The number of benzene rings is 1. The zero-order chi connectivity index (χ0) is 20.1. The summed E-state index contributed by atoms with van der Waals surface area (Å²) in [5.41, 5.74) is 2.39. The third-order valence-corrected chi connectivity index (χ3v) is 4.85. The molecule has 2 amide bonds. The number of furan rings is 1. The first-order valence-corrected chi connectivity index (χ1v) is 9.62. The number of amides is 2. The van der Waals surface area contributed by atoms with Crippen LogP contribution in [0.4, 0.5) is 11.4 Å². The molecule has 3 heterocycles. The number of hydrogen-bond donors (Lipinski definition) is 2. The molecule has 3 aromatic rings. The Morgan fingerprint density at radius 3 is 2.55 bits per heavy atom. The van der Waals surface area contributed by atoms with Crippen molar-refractivity contribution >= 4 is 23.2 Å². The van der Waals surface area contributed by atoms with Crippen molar-refractivity contribution in [3.05, 3.63) is 78.0 Å². The zero-order valence-electron chi connectivity index (χ0n) is 15.9. The lowest BCUT2D eigenvalue weighted by Crippen LogP contribution is -2.23. The number of aromatic nitrogens is 1. The highest BCUT2D eigenvalue weighted by atomic mass is 16.3. The predicted molar refractivity (Wildman–Crippen MR) is 110 cm³/mol. The number of carbonyl (C=O) groups is 2. The van der Waals surface area contributed by atoms with Gasteiger partial charge in [-0.15, -0.1) is 0 Å². The summed E-state index contributed by atoms with van der Waals surface area (Å²) in [6.45, 7) is 2.42. The first-order chi connectivity index (χ1) is 14.2. The van der Waals surface area contributed by atoms with Crippen molar-refractivity contribution < 1.29 is 14.0 Å². The fraction of sp³-hybridized carbons (Fsp3) is 0.227. The van der Waals surface area contributed by atoms with E-state index in [0.29, 0.717) is 17.0 Å². The number of rotatable bonds is 6. The molecule has 1 saturated heterocycles. The Morgan fingerprint density at radius 2 is 1.83 bits per heavy atom. The molecule has 1 aliphatic heterocycles. The van der Waals surface area contributed by atoms with Gasteiger partial charge in [0.25, 0.3) is 11.8 Å². The van der Waals surface area contributed by atoms with Gasteiger partial charge in [0, 0.05) is 36.2 Å². The van der Waals surface area contributed by atoms with Crippen molar-refractivity contribution in [2.45, 2.75) is 19.4 Å². The molecule has 1 aromatic carbocycles. The van der Waals surface area contributed by atoms with Gasteiger partial charge in [0.05, 0.1) is 12.8 Å². The van der Waals surface area contributed by atoms with Gasteiger partial charge in [0.1, 0.15) is 11.5 Å². The molecular weight excluding hydrogens is 368 g/mol. The van der Waals surface area contributed by atoms with Crippen LogP contribution in [0.2, 0.25) is 0 Å². The van der Waals surface area contributed by atoms with Gasteiger partial charge in [-0.2, -0.15) is 0 Å². The lowest BCUT2D eigenvalue weighted by Gasteiger charge is -2.17. The second-order valence-electron chi connectivity index (χ2n) is 6.89. The second-order valence-corrected chi connectivity index (χ2v) is 6.89. The van der Waals surface area contributed by atoms with E-state index >= 15 is 0 Å². The lowest BCUT2D eigenvalue weighted by atomic mass is 10.2. The van der Waals surface area contributed by atoms with Crippen molar-refractivity contribution in [1.82, 2.24) is 10.3 Å². The Morgan fingerprint density at radius 1 is 1.03 bits per heavy atom. The normalized spacial score (nSPS) is 13.3. The zero-order valence-corrected chi connectivity index (χ0v) is 15.9. The highest BCUT2D eigenvalue weighted by Gasteiger charge is 2.14. The van der Waals surface area contributed by atoms with E-state index in [-0.39, 0.29) is 24.1 Å². The number of carbonyl (C=O) groups excluding carboxylic acids is 2. The quantitative estimate of drug-likeness (QED) is 0.673. The molecule has 2 N–H and O–H groups in total. The summed E-state index contributed by atoms with van der Waals surface area (Å²) in [7, 11) is 0. The first kappa shape index (κ1) is 18.7. The van der Waals surface area contributed by atoms with Crippen molar-refractivity contribution in [1.29, 1.82) is 0 Å². The fourth-order valence-electron chi connectivity index (χ4n) is 3.30. The van der Waals surface area contributed by atoms with E-state index < -0.39 is 0 Å². The minimum atomic E-state index is -0.361. The van der Waals surface area contributed by atoms with E-state index in [9.17, 15) is 9.59 Å². The third kappa shape index (κ3) is 4.63. The van der Waals surface area contributed by atoms with E-state index in [1.54, 1.807) is 24.5 Å². The number of nitrogens with one attached hydrogen (secondary N) is 2. The van der Waals surface area contributed by atoms with Crippen LogP contribution in [0.15, 0.2) is 65.4 Å². The van der Waals surface area contributed by atoms with E-state index in [0.717, 1.165) is 18.8 Å². The van der Waals surface area contributed by atoms with Gasteiger partial charge in [0.2, 0.25) is 0 Å². The minimum absolute atomic E-state index is 0.180. The van der Waals surface area contributed by atoms with Gasteiger partial charge >= 0.3 is 0 Å². The van der Waals surface area contributed by atoms with Crippen LogP contribution in [0.3, 0.4) is 0 Å². The maximum absolute atomic E-state index is 12.5.